The minimum Gasteiger partial charge on any atom is -0.379 e. The highest BCUT2D eigenvalue weighted by molar-refractivity contribution is 7.89. The molecule has 2 amide bonds. The van der Waals surface area contributed by atoms with Crippen LogP contribution in [-0.4, -0.2) is 50.8 Å². The molecule has 10 heteroatoms. The van der Waals surface area contributed by atoms with Crippen molar-refractivity contribution in [3.05, 3.63) is 52.2 Å². The van der Waals surface area contributed by atoms with Crippen LogP contribution < -0.4 is 10.9 Å². The minimum absolute atomic E-state index is 0.110. The molecule has 1 aliphatic rings. The molecule has 0 unspecified atom stereocenters. The van der Waals surface area contributed by atoms with Gasteiger partial charge in [0.05, 0.1) is 23.0 Å². The molecule has 2 aromatic rings. The predicted octanol–water partition coefficient (Wildman–Crippen LogP) is 0.844. The lowest BCUT2D eigenvalue weighted by Gasteiger charge is -2.26. The SMILES string of the molecule is O=C(NNC(=O)c1cccs1)c1ccc(S(=O)(=O)N2CCOCC2)cc1. The van der Waals surface area contributed by atoms with Gasteiger partial charge in [-0.3, -0.25) is 20.4 Å². The Morgan fingerprint density at radius 2 is 1.65 bits per heavy atom. The van der Waals surface area contributed by atoms with Gasteiger partial charge < -0.3 is 4.74 Å². The zero-order valence-electron chi connectivity index (χ0n) is 13.7. The second kappa shape index (κ2) is 7.96. The third-order valence-corrected chi connectivity index (χ3v) is 6.54. The van der Waals surface area contributed by atoms with E-state index in [0.29, 0.717) is 31.2 Å². The first kappa shape index (κ1) is 18.5. The number of ether oxygens (including phenoxy) is 1. The molecule has 1 aromatic heterocycles. The maximum atomic E-state index is 12.5. The highest BCUT2D eigenvalue weighted by Crippen LogP contribution is 2.17. The van der Waals surface area contributed by atoms with E-state index >= 15 is 0 Å². The molecule has 0 spiro atoms. The number of nitrogens with one attached hydrogen (secondary N) is 2. The summed E-state index contributed by atoms with van der Waals surface area (Å²) in [7, 11) is -3.61. The first-order chi connectivity index (χ1) is 12.5. The second-order valence-corrected chi connectivity index (χ2v) is 8.31. The Bertz CT molecular complexity index is 873. The molecule has 0 aliphatic carbocycles. The lowest BCUT2D eigenvalue weighted by molar-refractivity contribution is 0.0730. The van der Waals surface area contributed by atoms with Crippen LogP contribution in [0.5, 0.6) is 0 Å². The van der Waals surface area contributed by atoms with E-state index in [1.807, 2.05) is 0 Å². The van der Waals surface area contributed by atoms with E-state index in [0.717, 1.165) is 0 Å². The number of hydrogen-bond donors (Lipinski definition) is 2. The van der Waals surface area contributed by atoms with Crippen molar-refractivity contribution in [2.45, 2.75) is 4.90 Å². The molecule has 0 bridgehead atoms. The van der Waals surface area contributed by atoms with E-state index in [1.165, 1.54) is 39.9 Å². The van der Waals surface area contributed by atoms with E-state index in [9.17, 15) is 18.0 Å². The zero-order chi connectivity index (χ0) is 18.6. The third kappa shape index (κ3) is 4.10. The van der Waals surface area contributed by atoms with Crippen LogP contribution in [0.2, 0.25) is 0 Å². The molecule has 2 heterocycles. The van der Waals surface area contributed by atoms with E-state index in [1.54, 1.807) is 17.5 Å². The third-order valence-electron chi connectivity index (χ3n) is 3.76. The number of hydrogen-bond acceptors (Lipinski definition) is 6. The van der Waals surface area contributed by atoms with Gasteiger partial charge in [-0.05, 0) is 35.7 Å². The number of benzene rings is 1. The molecule has 138 valence electrons. The second-order valence-electron chi connectivity index (χ2n) is 5.43. The summed E-state index contributed by atoms with van der Waals surface area (Å²) in [5, 5.41) is 1.75. The summed E-state index contributed by atoms with van der Waals surface area (Å²) < 4.78 is 31.6. The van der Waals surface area contributed by atoms with Gasteiger partial charge in [-0.2, -0.15) is 4.31 Å². The van der Waals surface area contributed by atoms with Gasteiger partial charge in [0.1, 0.15) is 0 Å². The molecule has 0 saturated carbocycles. The topological polar surface area (TPSA) is 105 Å². The fraction of sp³-hybridized carbons (Fsp3) is 0.250. The summed E-state index contributed by atoms with van der Waals surface area (Å²) >= 11 is 1.25. The van der Waals surface area contributed by atoms with Crippen LogP contribution in [0.4, 0.5) is 0 Å². The van der Waals surface area contributed by atoms with Crippen molar-refractivity contribution in [1.82, 2.24) is 15.2 Å². The first-order valence-corrected chi connectivity index (χ1v) is 10.1. The molecular formula is C16H17N3O5S2. The summed E-state index contributed by atoms with van der Waals surface area (Å²) in [4.78, 5) is 24.5. The smallest absolute Gasteiger partial charge is 0.279 e. The molecular weight excluding hydrogens is 378 g/mol. The Morgan fingerprint density at radius 1 is 1.00 bits per heavy atom. The van der Waals surface area contributed by atoms with Gasteiger partial charge in [0.2, 0.25) is 10.0 Å². The van der Waals surface area contributed by atoms with Crippen LogP contribution >= 0.6 is 11.3 Å². The lowest BCUT2D eigenvalue weighted by atomic mass is 10.2. The van der Waals surface area contributed by atoms with Gasteiger partial charge >= 0.3 is 0 Å². The van der Waals surface area contributed by atoms with Crippen molar-refractivity contribution in [1.29, 1.82) is 0 Å². The average molecular weight is 395 g/mol. The fourth-order valence-electron chi connectivity index (χ4n) is 2.37. The quantitative estimate of drug-likeness (QED) is 0.747. The van der Waals surface area contributed by atoms with Crippen molar-refractivity contribution in [2.75, 3.05) is 26.3 Å². The number of morpholine rings is 1. The van der Waals surface area contributed by atoms with Crippen molar-refractivity contribution in [3.63, 3.8) is 0 Å². The molecule has 8 nitrogen and oxygen atoms in total. The molecule has 1 aromatic carbocycles. The van der Waals surface area contributed by atoms with Crippen molar-refractivity contribution < 1.29 is 22.7 Å². The molecule has 1 aliphatic heterocycles. The van der Waals surface area contributed by atoms with E-state index < -0.39 is 21.8 Å². The van der Waals surface area contributed by atoms with Gasteiger partial charge in [-0.25, -0.2) is 8.42 Å². The van der Waals surface area contributed by atoms with Crippen LogP contribution in [0.1, 0.15) is 20.0 Å². The Morgan fingerprint density at radius 3 is 2.27 bits per heavy atom. The largest absolute Gasteiger partial charge is 0.379 e. The molecule has 3 rings (SSSR count). The fourth-order valence-corrected chi connectivity index (χ4v) is 4.40. The maximum absolute atomic E-state index is 12.5. The summed E-state index contributed by atoms with van der Waals surface area (Å²) in [6.45, 7) is 1.34. The van der Waals surface area contributed by atoms with Crippen LogP contribution in [0.25, 0.3) is 0 Å². The van der Waals surface area contributed by atoms with Gasteiger partial charge in [0.25, 0.3) is 11.8 Å². The van der Waals surface area contributed by atoms with Crippen LogP contribution in [0, 0.1) is 0 Å². The van der Waals surface area contributed by atoms with Gasteiger partial charge in [-0.15, -0.1) is 11.3 Å². The Balaban J connectivity index is 1.63. The van der Waals surface area contributed by atoms with Crippen LogP contribution in [-0.2, 0) is 14.8 Å². The monoisotopic (exact) mass is 395 g/mol. The highest BCUT2D eigenvalue weighted by Gasteiger charge is 2.26. The van der Waals surface area contributed by atoms with E-state index in [2.05, 4.69) is 10.9 Å². The zero-order valence-corrected chi connectivity index (χ0v) is 15.3. The number of nitrogens with zero attached hydrogens (tertiary/aromatic N) is 1. The number of carbonyl (C=O) groups excluding carboxylic acids is 2. The summed E-state index contributed by atoms with van der Waals surface area (Å²) in [6.07, 6.45) is 0. The van der Waals surface area contributed by atoms with Gasteiger partial charge in [0.15, 0.2) is 0 Å². The molecule has 26 heavy (non-hydrogen) atoms. The summed E-state index contributed by atoms with van der Waals surface area (Å²) in [5.41, 5.74) is 4.85. The molecule has 1 saturated heterocycles. The maximum Gasteiger partial charge on any atom is 0.279 e. The Hall–Kier alpha value is -2.27. The Labute approximate surface area is 154 Å². The summed E-state index contributed by atoms with van der Waals surface area (Å²) in [6, 6.07) is 8.92. The summed E-state index contributed by atoms with van der Waals surface area (Å²) in [5.74, 6) is -0.954. The first-order valence-electron chi connectivity index (χ1n) is 7.80. The molecule has 2 N–H and O–H groups in total. The number of amides is 2. The standard InChI is InChI=1S/C16H17N3O5S2/c20-15(17-18-16(21)14-2-1-11-25-14)12-3-5-13(6-4-12)26(22,23)19-7-9-24-10-8-19/h1-6,11H,7-10H2,(H,17,20)(H,18,21). The number of carbonyl (C=O) groups is 2. The predicted molar refractivity (Wildman–Crippen MR) is 95.3 cm³/mol. The normalized spacial score (nSPS) is 15.4. The number of hydrazine groups is 1. The van der Waals surface area contributed by atoms with Crippen LogP contribution in [0.3, 0.4) is 0 Å². The van der Waals surface area contributed by atoms with E-state index in [-0.39, 0.29) is 10.5 Å². The van der Waals surface area contributed by atoms with Crippen molar-refractivity contribution >= 4 is 33.2 Å². The van der Waals surface area contributed by atoms with Gasteiger partial charge in [0, 0.05) is 18.7 Å². The number of sulfonamides is 1. The Kier molecular flexibility index (Phi) is 5.67. The molecule has 0 radical (unpaired) electrons. The van der Waals surface area contributed by atoms with Crippen molar-refractivity contribution in [3.8, 4) is 0 Å². The highest BCUT2D eigenvalue weighted by atomic mass is 32.2. The van der Waals surface area contributed by atoms with Crippen LogP contribution in [0.15, 0.2) is 46.7 Å². The average Bonchev–Trinajstić information content (AvgIpc) is 3.21. The van der Waals surface area contributed by atoms with Crippen molar-refractivity contribution in [2.24, 2.45) is 0 Å². The lowest BCUT2D eigenvalue weighted by Crippen LogP contribution is -2.41. The molecule has 0 atom stereocenters. The number of rotatable bonds is 4. The van der Waals surface area contributed by atoms with E-state index in [4.69, 9.17) is 4.74 Å². The number of thiophene rings is 1. The minimum atomic E-state index is -3.61. The molecule has 1 fully saturated rings. The van der Waals surface area contributed by atoms with Gasteiger partial charge in [-0.1, -0.05) is 6.07 Å².